The topological polar surface area (TPSA) is 78.0 Å². The molecular weight excluding hydrogens is 206 g/mol. The van der Waals surface area contributed by atoms with E-state index in [0.29, 0.717) is 13.0 Å². The van der Waals surface area contributed by atoms with E-state index in [4.69, 9.17) is 5.11 Å². The minimum absolute atomic E-state index is 0.0481. The fourth-order valence-corrected chi connectivity index (χ4v) is 1.72. The molecule has 0 radical (unpaired) electrons. The molecule has 16 heavy (non-hydrogen) atoms. The Labute approximate surface area is 93.2 Å². The largest absolute Gasteiger partial charge is 0.395 e. The second-order valence-corrected chi connectivity index (χ2v) is 3.96. The van der Waals surface area contributed by atoms with Crippen LogP contribution in [0.2, 0.25) is 0 Å². The molecule has 2 rings (SSSR count). The summed E-state index contributed by atoms with van der Waals surface area (Å²) in [5, 5.41) is 12.1. The van der Waals surface area contributed by atoms with Crippen molar-refractivity contribution >= 4 is 5.57 Å². The van der Waals surface area contributed by atoms with Crippen LogP contribution in [0, 0.1) is 0 Å². The third-order valence-corrected chi connectivity index (χ3v) is 2.72. The fourth-order valence-electron chi connectivity index (χ4n) is 1.72. The first-order valence-corrected chi connectivity index (χ1v) is 5.32. The molecule has 0 unspecified atom stereocenters. The number of aromatic amines is 1. The highest BCUT2D eigenvalue weighted by Gasteiger charge is 2.18. The average molecular weight is 221 g/mol. The molecule has 3 N–H and O–H groups in total. The van der Waals surface area contributed by atoms with Gasteiger partial charge in [-0.05, 0) is 18.9 Å². The summed E-state index contributed by atoms with van der Waals surface area (Å²) < 4.78 is 0. The van der Waals surface area contributed by atoms with Gasteiger partial charge in [0.1, 0.15) is 0 Å². The average Bonchev–Trinajstić information content (AvgIpc) is 2.70. The Morgan fingerprint density at radius 2 is 2.50 bits per heavy atom. The van der Waals surface area contributed by atoms with Crippen molar-refractivity contribution in [3.63, 3.8) is 0 Å². The summed E-state index contributed by atoms with van der Waals surface area (Å²) in [6.07, 6.45) is 4.07. The Kier molecular flexibility index (Phi) is 3.17. The van der Waals surface area contributed by atoms with E-state index in [-0.39, 0.29) is 18.2 Å². The standard InChI is InChI=1S/C11H15N3O2/c1-7(5-15)12-4-8-2-3-9-10(8)13-6-14-11(9)16/h2,6-7,12,15H,3-5H2,1H3,(H,13,14,16)/t7-/m1/s1. The van der Waals surface area contributed by atoms with Gasteiger partial charge in [-0.25, -0.2) is 4.98 Å². The zero-order valence-electron chi connectivity index (χ0n) is 9.16. The van der Waals surface area contributed by atoms with Crippen LogP contribution in [-0.2, 0) is 6.42 Å². The molecule has 86 valence electrons. The first-order valence-electron chi connectivity index (χ1n) is 5.32. The Bertz CT molecular complexity index is 465. The maximum atomic E-state index is 11.5. The van der Waals surface area contributed by atoms with Gasteiger partial charge in [-0.3, -0.25) is 4.79 Å². The van der Waals surface area contributed by atoms with Gasteiger partial charge < -0.3 is 15.4 Å². The van der Waals surface area contributed by atoms with Crippen LogP contribution in [0.1, 0.15) is 18.2 Å². The van der Waals surface area contributed by atoms with E-state index >= 15 is 0 Å². The molecule has 5 nitrogen and oxygen atoms in total. The van der Waals surface area contributed by atoms with Gasteiger partial charge in [-0.2, -0.15) is 0 Å². The van der Waals surface area contributed by atoms with Crippen LogP contribution in [0.25, 0.3) is 5.57 Å². The van der Waals surface area contributed by atoms with E-state index in [9.17, 15) is 4.79 Å². The lowest BCUT2D eigenvalue weighted by molar-refractivity contribution is 0.255. The molecule has 0 aliphatic heterocycles. The predicted octanol–water partition coefficient (Wildman–Crippen LogP) is -0.320. The van der Waals surface area contributed by atoms with Crippen LogP contribution in [0.15, 0.2) is 17.2 Å². The van der Waals surface area contributed by atoms with Crippen LogP contribution in [0.5, 0.6) is 0 Å². The number of allylic oxidation sites excluding steroid dienone is 1. The number of nitrogens with one attached hydrogen (secondary N) is 2. The van der Waals surface area contributed by atoms with Gasteiger partial charge >= 0.3 is 0 Å². The lowest BCUT2D eigenvalue weighted by atomic mass is 10.2. The van der Waals surface area contributed by atoms with Crippen molar-refractivity contribution in [1.29, 1.82) is 0 Å². The van der Waals surface area contributed by atoms with Gasteiger partial charge in [-0.1, -0.05) is 6.08 Å². The highest BCUT2D eigenvalue weighted by atomic mass is 16.3. The number of aromatic nitrogens is 2. The zero-order chi connectivity index (χ0) is 11.5. The summed E-state index contributed by atoms with van der Waals surface area (Å²) >= 11 is 0. The monoisotopic (exact) mass is 221 g/mol. The summed E-state index contributed by atoms with van der Waals surface area (Å²) in [5.74, 6) is 0. The molecule has 1 aromatic heterocycles. The Balaban J connectivity index is 2.11. The van der Waals surface area contributed by atoms with Gasteiger partial charge in [0, 0.05) is 18.2 Å². The first-order chi connectivity index (χ1) is 7.72. The van der Waals surface area contributed by atoms with E-state index in [2.05, 4.69) is 15.3 Å². The van der Waals surface area contributed by atoms with Crippen molar-refractivity contribution in [1.82, 2.24) is 15.3 Å². The third kappa shape index (κ3) is 2.05. The molecule has 0 saturated carbocycles. The lowest BCUT2D eigenvalue weighted by Gasteiger charge is -2.11. The number of nitrogens with zero attached hydrogens (tertiary/aromatic N) is 1. The number of hydrogen-bond acceptors (Lipinski definition) is 4. The summed E-state index contributed by atoms with van der Waals surface area (Å²) in [5.41, 5.74) is 2.48. The molecular formula is C11H15N3O2. The van der Waals surface area contributed by atoms with Crippen molar-refractivity contribution in [3.05, 3.63) is 34.0 Å². The molecule has 0 amide bonds. The van der Waals surface area contributed by atoms with Gasteiger partial charge in [0.25, 0.3) is 5.56 Å². The molecule has 1 aliphatic rings. The summed E-state index contributed by atoms with van der Waals surface area (Å²) in [6, 6.07) is 0.0481. The minimum atomic E-state index is -0.0635. The molecule has 0 spiro atoms. The number of aliphatic hydroxyl groups is 1. The normalized spacial score (nSPS) is 15.8. The summed E-state index contributed by atoms with van der Waals surface area (Å²) in [4.78, 5) is 18.2. The molecule has 1 atom stereocenters. The van der Waals surface area contributed by atoms with Crippen molar-refractivity contribution < 1.29 is 5.11 Å². The molecule has 1 aromatic rings. The van der Waals surface area contributed by atoms with Gasteiger partial charge in [0.2, 0.25) is 0 Å². The van der Waals surface area contributed by atoms with Crippen LogP contribution >= 0.6 is 0 Å². The quantitative estimate of drug-likeness (QED) is 0.651. The molecule has 1 heterocycles. The highest BCUT2D eigenvalue weighted by Crippen LogP contribution is 2.21. The first kappa shape index (κ1) is 11.0. The fraction of sp³-hybridized carbons (Fsp3) is 0.455. The molecule has 5 heteroatoms. The van der Waals surface area contributed by atoms with E-state index in [1.54, 1.807) is 0 Å². The molecule has 1 aliphatic carbocycles. The van der Waals surface area contributed by atoms with E-state index in [0.717, 1.165) is 16.8 Å². The second-order valence-electron chi connectivity index (χ2n) is 3.96. The van der Waals surface area contributed by atoms with Crippen molar-refractivity contribution in [2.75, 3.05) is 13.2 Å². The maximum Gasteiger partial charge on any atom is 0.254 e. The SMILES string of the molecule is C[C@H](CO)NCC1=CCc2c1nc[nH]c2=O. The molecule has 0 fully saturated rings. The highest BCUT2D eigenvalue weighted by molar-refractivity contribution is 5.70. The van der Waals surface area contributed by atoms with E-state index < -0.39 is 0 Å². The smallest absolute Gasteiger partial charge is 0.254 e. The van der Waals surface area contributed by atoms with Gasteiger partial charge in [-0.15, -0.1) is 0 Å². The van der Waals surface area contributed by atoms with Crippen molar-refractivity contribution in [3.8, 4) is 0 Å². The minimum Gasteiger partial charge on any atom is -0.395 e. The Hall–Kier alpha value is -1.46. The summed E-state index contributed by atoms with van der Waals surface area (Å²) in [6.45, 7) is 2.63. The molecule has 0 saturated heterocycles. The summed E-state index contributed by atoms with van der Waals surface area (Å²) in [7, 11) is 0. The Morgan fingerprint density at radius 3 is 3.25 bits per heavy atom. The van der Waals surface area contributed by atoms with Crippen molar-refractivity contribution in [2.24, 2.45) is 0 Å². The molecule has 0 aromatic carbocycles. The number of aliphatic hydroxyl groups excluding tert-OH is 1. The lowest BCUT2D eigenvalue weighted by Crippen LogP contribution is -2.30. The predicted molar refractivity (Wildman–Crippen MR) is 61.1 cm³/mol. The molecule has 0 bridgehead atoms. The number of H-pyrrole nitrogens is 1. The number of rotatable bonds is 4. The van der Waals surface area contributed by atoms with Crippen LogP contribution in [0.3, 0.4) is 0 Å². The van der Waals surface area contributed by atoms with E-state index in [1.807, 2.05) is 13.0 Å². The van der Waals surface area contributed by atoms with Crippen LogP contribution < -0.4 is 10.9 Å². The second kappa shape index (κ2) is 4.59. The Morgan fingerprint density at radius 1 is 1.69 bits per heavy atom. The van der Waals surface area contributed by atoms with Gasteiger partial charge in [0.05, 0.1) is 18.6 Å². The van der Waals surface area contributed by atoms with E-state index in [1.165, 1.54) is 6.33 Å². The van der Waals surface area contributed by atoms with Crippen molar-refractivity contribution in [2.45, 2.75) is 19.4 Å². The number of fused-ring (bicyclic) bond motifs is 1. The third-order valence-electron chi connectivity index (χ3n) is 2.72. The number of hydrogen-bond donors (Lipinski definition) is 3. The van der Waals surface area contributed by atoms with Gasteiger partial charge in [0.15, 0.2) is 0 Å². The zero-order valence-corrected chi connectivity index (χ0v) is 9.16. The maximum absolute atomic E-state index is 11.5. The van der Waals surface area contributed by atoms with Crippen LogP contribution in [0.4, 0.5) is 0 Å². The van der Waals surface area contributed by atoms with Crippen LogP contribution in [-0.4, -0.2) is 34.3 Å².